The molecule has 0 spiro atoms. The lowest BCUT2D eigenvalue weighted by Gasteiger charge is -2.10. The molecule has 4 nitrogen and oxygen atoms in total. The van der Waals surface area contributed by atoms with Crippen molar-refractivity contribution < 1.29 is 26.3 Å². The highest BCUT2D eigenvalue weighted by Crippen LogP contribution is 2.28. The van der Waals surface area contributed by atoms with Crippen molar-refractivity contribution >= 4 is 11.1 Å². The molecule has 3 aromatic rings. The number of rotatable bonds is 2. The third-order valence-corrected chi connectivity index (χ3v) is 4.77. The highest BCUT2D eigenvalue weighted by molar-refractivity contribution is 5.83. The molecule has 0 saturated heterocycles. The van der Waals surface area contributed by atoms with Crippen LogP contribution in [0.1, 0.15) is 11.1 Å². The van der Waals surface area contributed by atoms with Gasteiger partial charge in [0.1, 0.15) is 35.4 Å². The normalized spacial score (nSPS) is 11.0. The fraction of sp³-hybridized carbons (Fsp3) is 0. The summed E-state index contributed by atoms with van der Waals surface area (Å²) in [5.74, 6) is -10.7. The molecule has 0 aliphatic carbocycles. The molecule has 0 aliphatic rings. The Kier molecular flexibility index (Phi) is 6.39. The SMILES string of the molecule is N#CC(C#N)=c1cc/c(=C(/C#N)c2c(F)c(F)c(C#N)c(F)c2F)c(-c2ccc(F)c(F)c2)c1. The molecular formula is C24H6F6N4. The van der Waals surface area contributed by atoms with Crippen LogP contribution in [-0.4, -0.2) is 0 Å². The van der Waals surface area contributed by atoms with E-state index in [-0.39, 0.29) is 21.6 Å². The fourth-order valence-electron chi connectivity index (χ4n) is 3.17. The van der Waals surface area contributed by atoms with E-state index in [9.17, 15) is 31.6 Å². The molecule has 0 unspecified atom stereocenters. The first kappa shape index (κ1) is 23.6. The second-order valence-corrected chi connectivity index (χ2v) is 6.59. The van der Waals surface area contributed by atoms with E-state index in [1.807, 2.05) is 0 Å². The Morgan fingerprint density at radius 1 is 0.647 bits per heavy atom. The van der Waals surface area contributed by atoms with Crippen LogP contribution in [0.3, 0.4) is 0 Å². The van der Waals surface area contributed by atoms with Crippen molar-refractivity contribution in [3.63, 3.8) is 0 Å². The third kappa shape index (κ3) is 3.81. The average molecular weight is 464 g/mol. The van der Waals surface area contributed by atoms with Crippen LogP contribution in [0.25, 0.3) is 22.3 Å². The minimum Gasteiger partial charge on any atom is -0.204 e. The number of halogens is 6. The van der Waals surface area contributed by atoms with E-state index in [0.29, 0.717) is 12.1 Å². The van der Waals surface area contributed by atoms with Gasteiger partial charge in [0.2, 0.25) is 0 Å². The van der Waals surface area contributed by atoms with Gasteiger partial charge in [0.15, 0.2) is 34.9 Å². The zero-order valence-electron chi connectivity index (χ0n) is 16.5. The predicted octanol–water partition coefficient (Wildman–Crippen LogP) is 3.98. The van der Waals surface area contributed by atoms with Crippen molar-refractivity contribution in [1.82, 2.24) is 0 Å². The van der Waals surface area contributed by atoms with Crippen molar-refractivity contribution in [2.75, 3.05) is 0 Å². The van der Waals surface area contributed by atoms with Gasteiger partial charge in [-0.25, -0.2) is 26.3 Å². The van der Waals surface area contributed by atoms with Gasteiger partial charge in [-0.2, -0.15) is 21.0 Å². The van der Waals surface area contributed by atoms with Crippen molar-refractivity contribution in [3.05, 3.63) is 92.9 Å². The molecule has 0 radical (unpaired) electrons. The van der Waals surface area contributed by atoms with Crippen LogP contribution >= 0.6 is 0 Å². The predicted molar refractivity (Wildman–Crippen MR) is 105 cm³/mol. The Morgan fingerprint density at radius 2 is 1.26 bits per heavy atom. The topological polar surface area (TPSA) is 95.2 Å². The summed E-state index contributed by atoms with van der Waals surface area (Å²) in [4.78, 5) is 0. The molecule has 0 aliphatic heterocycles. The maximum absolute atomic E-state index is 14.7. The van der Waals surface area contributed by atoms with E-state index in [0.717, 1.165) is 30.3 Å². The Labute approximate surface area is 187 Å². The first-order chi connectivity index (χ1) is 16.2. The molecule has 0 bridgehead atoms. The Morgan fingerprint density at radius 3 is 1.76 bits per heavy atom. The van der Waals surface area contributed by atoms with E-state index in [2.05, 4.69) is 0 Å². The smallest absolute Gasteiger partial charge is 0.180 e. The van der Waals surface area contributed by atoms with E-state index in [1.54, 1.807) is 12.1 Å². The van der Waals surface area contributed by atoms with Crippen molar-refractivity contribution in [1.29, 1.82) is 21.0 Å². The van der Waals surface area contributed by atoms with Crippen LogP contribution in [-0.2, 0) is 0 Å². The molecule has 3 rings (SSSR count). The number of benzene rings is 3. The quantitative estimate of drug-likeness (QED) is 0.424. The van der Waals surface area contributed by atoms with Gasteiger partial charge in [-0.15, -0.1) is 0 Å². The van der Waals surface area contributed by atoms with Crippen molar-refractivity contribution in [2.24, 2.45) is 0 Å². The van der Waals surface area contributed by atoms with Crippen LogP contribution in [0.2, 0.25) is 0 Å². The first-order valence-electron chi connectivity index (χ1n) is 9.00. The monoisotopic (exact) mass is 464 g/mol. The molecule has 164 valence electrons. The van der Waals surface area contributed by atoms with Crippen molar-refractivity contribution in [3.8, 4) is 35.4 Å². The summed E-state index contributed by atoms with van der Waals surface area (Å²) in [6.07, 6.45) is 0. The largest absolute Gasteiger partial charge is 0.204 e. The van der Waals surface area contributed by atoms with Crippen LogP contribution < -0.4 is 10.4 Å². The lowest BCUT2D eigenvalue weighted by Crippen LogP contribution is -2.19. The maximum atomic E-state index is 14.7. The van der Waals surface area contributed by atoms with Gasteiger partial charge in [0.05, 0.1) is 11.1 Å². The van der Waals surface area contributed by atoms with Gasteiger partial charge in [-0.3, -0.25) is 0 Å². The zero-order chi connectivity index (χ0) is 25.2. The molecule has 0 N–H and O–H groups in total. The van der Waals surface area contributed by atoms with Gasteiger partial charge >= 0.3 is 0 Å². The molecule has 0 aromatic heterocycles. The summed E-state index contributed by atoms with van der Waals surface area (Å²) in [6.45, 7) is 0. The molecule has 10 heteroatoms. The second-order valence-electron chi connectivity index (χ2n) is 6.59. The fourth-order valence-corrected chi connectivity index (χ4v) is 3.17. The molecule has 0 amide bonds. The molecular weight excluding hydrogens is 458 g/mol. The van der Waals surface area contributed by atoms with E-state index in [1.165, 1.54) is 6.07 Å². The standard InChI is InChI=1S/C24H6F6N4/c25-18-4-2-12(6-19(18)26)15-5-11(13(7-31)8-32)1-3-14(15)16(9-33)20-23(29)21(27)17(10-34)22(28)24(20)30/h1-6H/b16-14+. The molecule has 0 saturated carbocycles. The second kappa shape index (κ2) is 9.20. The van der Waals surface area contributed by atoms with Gasteiger partial charge < -0.3 is 0 Å². The number of nitrogens with zero attached hydrogens (tertiary/aromatic N) is 4. The van der Waals surface area contributed by atoms with Crippen LogP contribution in [0.5, 0.6) is 0 Å². The van der Waals surface area contributed by atoms with Gasteiger partial charge in [0.25, 0.3) is 0 Å². The molecule has 3 aromatic carbocycles. The molecule has 0 fully saturated rings. The minimum absolute atomic E-state index is 0.0380. The number of nitriles is 4. The Bertz CT molecular complexity index is 1620. The summed E-state index contributed by atoms with van der Waals surface area (Å²) < 4.78 is 85.1. The van der Waals surface area contributed by atoms with Crippen LogP contribution in [0, 0.1) is 80.2 Å². The summed E-state index contributed by atoms with van der Waals surface area (Å²) in [5.41, 5.74) is -4.68. The van der Waals surface area contributed by atoms with E-state index >= 15 is 0 Å². The van der Waals surface area contributed by atoms with E-state index in [4.69, 9.17) is 15.8 Å². The lowest BCUT2D eigenvalue weighted by molar-refractivity contribution is 0.447. The van der Waals surface area contributed by atoms with Crippen LogP contribution in [0.4, 0.5) is 26.3 Å². The zero-order valence-corrected chi connectivity index (χ0v) is 16.5. The lowest BCUT2D eigenvalue weighted by atomic mass is 9.94. The maximum Gasteiger partial charge on any atom is 0.180 e. The van der Waals surface area contributed by atoms with Gasteiger partial charge in [-0.05, 0) is 29.3 Å². The van der Waals surface area contributed by atoms with Gasteiger partial charge in [-0.1, -0.05) is 18.2 Å². The van der Waals surface area contributed by atoms with Crippen molar-refractivity contribution in [2.45, 2.75) is 0 Å². The molecule has 0 heterocycles. The summed E-state index contributed by atoms with van der Waals surface area (Å²) >= 11 is 0. The van der Waals surface area contributed by atoms with E-state index < -0.39 is 57.2 Å². The Balaban J connectivity index is 2.62. The number of hydrogen-bond acceptors (Lipinski definition) is 4. The first-order valence-corrected chi connectivity index (χ1v) is 9.00. The third-order valence-electron chi connectivity index (χ3n) is 4.77. The highest BCUT2D eigenvalue weighted by Gasteiger charge is 2.28. The molecule has 34 heavy (non-hydrogen) atoms. The average Bonchev–Trinajstić information content (AvgIpc) is 2.83. The van der Waals surface area contributed by atoms with Crippen LogP contribution in [0.15, 0.2) is 36.4 Å². The molecule has 0 atom stereocenters. The number of hydrogen-bond donors (Lipinski definition) is 0. The summed E-state index contributed by atoms with van der Waals surface area (Å²) in [7, 11) is 0. The highest BCUT2D eigenvalue weighted by atomic mass is 19.2. The Hall–Kier alpha value is -5.06. The summed E-state index contributed by atoms with van der Waals surface area (Å²) in [5, 5.41) is 36.2. The minimum atomic E-state index is -2.03. The summed E-state index contributed by atoms with van der Waals surface area (Å²) in [6, 6.07) is 11.3. The van der Waals surface area contributed by atoms with Gasteiger partial charge in [0, 0.05) is 10.4 Å².